The van der Waals surface area contributed by atoms with Crippen molar-refractivity contribution in [3.63, 3.8) is 0 Å². The van der Waals surface area contributed by atoms with Gasteiger partial charge in [-0.05, 0) is 43.7 Å². The van der Waals surface area contributed by atoms with Crippen molar-refractivity contribution in [3.8, 4) is 0 Å². The molecule has 1 N–H and O–H groups in total. The minimum Gasteiger partial charge on any atom is -0.313 e. The molecule has 1 saturated carbocycles. The average Bonchev–Trinajstić information content (AvgIpc) is 2.89. The maximum absolute atomic E-state index is 3.76. The van der Waals surface area contributed by atoms with Gasteiger partial charge in [-0.2, -0.15) is 0 Å². The van der Waals surface area contributed by atoms with Crippen LogP contribution in [-0.4, -0.2) is 12.6 Å². The summed E-state index contributed by atoms with van der Waals surface area (Å²) in [7, 11) is 0. The van der Waals surface area contributed by atoms with Crippen LogP contribution in [-0.2, 0) is 6.42 Å². The standard InChI is InChI=1S/C16H25N/c1-2-12-17-16(15-10-6-7-11-15)13-14-8-4-3-5-9-14/h3-5,8-9,15-17H,2,6-7,10-13H2,1H3. The summed E-state index contributed by atoms with van der Waals surface area (Å²) in [6.45, 7) is 3.41. The third-order valence-electron chi connectivity index (χ3n) is 3.92. The Balaban J connectivity index is 1.94. The lowest BCUT2D eigenvalue weighted by Crippen LogP contribution is -2.37. The van der Waals surface area contributed by atoms with Gasteiger partial charge in [0.25, 0.3) is 0 Å². The Labute approximate surface area is 106 Å². The molecule has 0 bridgehead atoms. The second-order valence-electron chi connectivity index (χ2n) is 5.29. The molecular formula is C16H25N. The van der Waals surface area contributed by atoms with Crippen LogP contribution in [0, 0.1) is 5.92 Å². The zero-order chi connectivity index (χ0) is 11.9. The fourth-order valence-electron chi connectivity index (χ4n) is 2.96. The second kappa shape index (κ2) is 6.80. The molecule has 0 saturated heterocycles. The second-order valence-corrected chi connectivity index (χ2v) is 5.29. The van der Waals surface area contributed by atoms with E-state index in [1.165, 1.54) is 44.1 Å². The van der Waals surface area contributed by atoms with Gasteiger partial charge in [0.1, 0.15) is 0 Å². The lowest BCUT2D eigenvalue weighted by molar-refractivity contribution is 0.356. The SMILES string of the molecule is CCCNC(Cc1ccccc1)C1CCCC1. The zero-order valence-electron chi connectivity index (χ0n) is 11.0. The highest BCUT2D eigenvalue weighted by Gasteiger charge is 2.24. The molecule has 1 fully saturated rings. The zero-order valence-corrected chi connectivity index (χ0v) is 11.0. The number of benzene rings is 1. The first-order valence-corrected chi connectivity index (χ1v) is 7.17. The molecule has 1 nitrogen and oxygen atoms in total. The van der Waals surface area contributed by atoms with Crippen molar-refractivity contribution in [2.75, 3.05) is 6.54 Å². The summed E-state index contributed by atoms with van der Waals surface area (Å²) in [6, 6.07) is 11.6. The molecule has 94 valence electrons. The molecule has 0 heterocycles. The quantitative estimate of drug-likeness (QED) is 0.785. The monoisotopic (exact) mass is 231 g/mol. The van der Waals surface area contributed by atoms with E-state index < -0.39 is 0 Å². The van der Waals surface area contributed by atoms with Crippen LogP contribution in [0.5, 0.6) is 0 Å². The number of nitrogens with one attached hydrogen (secondary N) is 1. The van der Waals surface area contributed by atoms with Crippen molar-refractivity contribution < 1.29 is 0 Å². The molecule has 0 radical (unpaired) electrons. The van der Waals surface area contributed by atoms with Crippen molar-refractivity contribution in [1.29, 1.82) is 0 Å². The molecule has 0 spiro atoms. The van der Waals surface area contributed by atoms with Gasteiger partial charge in [-0.1, -0.05) is 50.1 Å². The Kier molecular flexibility index (Phi) is 5.06. The first kappa shape index (κ1) is 12.6. The average molecular weight is 231 g/mol. The highest BCUT2D eigenvalue weighted by molar-refractivity contribution is 5.16. The Morgan fingerprint density at radius 1 is 1.18 bits per heavy atom. The highest BCUT2D eigenvalue weighted by atomic mass is 14.9. The van der Waals surface area contributed by atoms with E-state index in [1.807, 2.05) is 0 Å². The molecule has 1 aliphatic rings. The van der Waals surface area contributed by atoms with Crippen LogP contribution in [0.25, 0.3) is 0 Å². The fraction of sp³-hybridized carbons (Fsp3) is 0.625. The smallest absolute Gasteiger partial charge is 0.0136 e. The van der Waals surface area contributed by atoms with E-state index in [2.05, 4.69) is 42.6 Å². The molecule has 1 unspecified atom stereocenters. The maximum atomic E-state index is 3.76. The summed E-state index contributed by atoms with van der Waals surface area (Å²) in [5.74, 6) is 0.904. The van der Waals surface area contributed by atoms with Gasteiger partial charge >= 0.3 is 0 Å². The van der Waals surface area contributed by atoms with E-state index >= 15 is 0 Å². The number of hydrogen-bond donors (Lipinski definition) is 1. The maximum Gasteiger partial charge on any atom is 0.0136 e. The lowest BCUT2D eigenvalue weighted by atomic mass is 9.92. The first-order chi connectivity index (χ1) is 8.40. The van der Waals surface area contributed by atoms with Crippen molar-refractivity contribution in [3.05, 3.63) is 35.9 Å². The Hall–Kier alpha value is -0.820. The summed E-state index contributed by atoms with van der Waals surface area (Å²) in [5, 5.41) is 3.76. The third kappa shape index (κ3) is 3.85. The minimum atomic E-state index is 0.694. The van der Waals surface area contributed by atoms with Gasteiger partial charge < -0.3 is 5.32 Å². The normalized spacial score (nSPS) is 18.4. The number of rotatable bonds is 6. The molecular weight excluding hydrogens is 206 g/mol. The van der Waals surface area contributed by atoms with Crippen LogP contribution >= 0.6 is 0 Å². The number of hydrogen-bond acceptors (Lipinski definition) is 1. The summed E-state index contributed by atoms with van der Waals surface area (Å²) in [5.41, 5.74) is 1.48. The van der Waals surface area contributed by atoms with Gasteiger partial charge in [-0.3, -0.25) is 0 Å². The predicted octanol–water partition coefficient (Wildman–Crippen LogP) is 3.79. The summed E-state index contributed by atoms with van der Waals surface area (Å²) in [6.07, 6.45) is 8.15. The summed E-state index contributed by atoms with van der Waals surface area (Å²) >= 11 is 0. The molecule has 17 heavy (non-hydrogen) atoms. The van der Waals surface area contributed by atoms with E-state index in [1.54, 1.807) is 0 Å². The topological polar surface area (TPSA) is 12.0 Å². The van der Waals surface area contributed by atoms with E-state index in [0.717, 1.165) is 12.5 Å². The molecule has 1 aromatic carbocycles. The van der Waals surface area contributed by atoms with E-state index in [4.69, 9.17) is 0 Å². The molecule has 2 rings (SSSR count). The van der Waals surface area contributed by atoms with Gasteiger partial charge in [0, 0.05) is 6.04 Å². The van der Waals surface area contributed by atoms with E-state index in [9.17, 15) is 0 Å². The van der Waals surface area contributed by atoms with Crippen LogP contribution in [0.1, 0.15) is 44.6 Å². The van der Waals surface area contributed by atoms with Gasteiger partial charge in [0.05, 0.1) is 0 Å². The Bertz CT molecular complexity index is 301. The van der Waals surface area contributed by atoms with Crippen LogP contribution in [0.15, 0.2) is 30.3 Å². The fourth-order valence-corrected chi connectivity index (χ4v) is 2.96. The Morgan fingerprint density at radius 3 is 2.53 bits per heavy atom. The summed E-state index contributed by atoms with van der Waals surface area (Å²) in [4.78, 5) is 0. The molecule has 0 aliphatic heterocycles. The van der Waals surface area contributed by atoms with Crippen LogP contribution < -0.4 is 5.32 Å². The van der Waals surface area contributed by atoms with Crippen molar-refractivity contribution in [1.82, 2.24) is 5.32 Å². The minimum absolute atomic E-state index is 0.694. The van der Waals surface area contributed by atoms with E-state index in [-0.39, 0.29) is 0 Å². The van der Waals surface area contributed by atoms with Crippen molar-refractivity contribution in [2.24, 2.45) is 5.92 Å². The van der Waals surface area contributed by atoms with Crippen molar-refractivity contribution in [2.45, 2.75) is 51.5 Å². The Morgan fingerprint density at radius 2 is 1.88 bits per heavy atom. The van der Waals surface area contributed by atoms with Crippen LogP contribution in [0.4, 0.5) is 0 Å². The molecule has 1 atom stereocenters. The van der Waals surface area contributed by atoms with Gasteiger partial charge in [0.2, 0.25) is 0 Å². The van der Waals surface area contributed by atoms with Crippen molar-refractivity contribution >= 4 is 0 Å². The molecule has 0 aromatic heterocycles. The third-order valence-corrected chi connectivity index (χ3v) is 3.92. The molecule has 0 amide bonds. The van der Waals surface area contributed by atoms with Gasteiger partial charge in [-0.25, -0.2) is 0 Å². The lowest BCUT2D eigenvalue weighted by Gasteiger charge is -2.25. The highest BCUT2D eigenvalue weighted by Crippen LogP contribution is 2.29. The van der Waals surface area contributed by atoms with Gasteiger partial charge in [-0.15, -0.1) is 0 Å². The molecule has 1 heteroatoms. The van der Waals surface area contributed by atoms with Crippen LogP contribution in [0.2, 0.25) is 0 Å². The first-order valence-electron chi connectivity index (χ1n) is 7.17. The molecule has 1 aromatic rings. The largest absolute Gasteiger partial charge is 0.313 e. The molecule has 1 aliphatic carbocycles. The van der Waals surface area contributed by atoms with Gasteiger partial charge in [0.15, 0.2) is 0 Å². The van der Waals surface area contributed by atoms with E-state index in [0.29, 0.717) is 6.04 Å². The predicted molar refractivity (Wildman–Crippen MR) is 74.2 cm³/mol. The summed E-state index contributed by atoms with van der Waals surface area (Å²) < 4.78 is 0. The van der Waals surface area contributed by atoms with Crippen LogP contribution in [0.3, 0.4) is 0 Å².